The average Bonchev–Trinajstić information content (AvgIpc) is 3.16. The fourth-order valence-corrected chi connectivity index (χ4v) is 4.31. The fraction of sp³-hybridized carbons (Fsp3) is 0.471. The van der Waals surface area contributed by atoms with Crippen molar-refractivity contribution in [3.05, 3.63) is 23.8 Å². The Morgan fingerprint density at radius 3 is 3.00 bits per heavy atom. The molecule has 0 unspecified atom stereocenters. The number of hydrogen-bond acceptors (Lipinski definition) is 8. The maximum atomic E-state index is 12.6. The van der Waals surface area contributed by atoms with Crippen molar-refractivity contribution in [3.63, 3.8) is 0 Å². The summed E-state index contributed by atoms with van der Waals surface area (Å²) in [6.07, 6.45) is 2.40. The van der Waals surface area contributed by atoms with Crippen molar-refractivity contribution in [2.75, 3.05) is 24.4 Å². The van der Waals surface area contributed by atoms with Crippen LogP contribution in [-0.2, 0) is 11.3 Å². The van der Waals surface area contributed by atoms with E-state index in [2.05, 4.69) is 15.5 Å². The predicted octanol–water partition coefficient (Wildman–Crippen LogP) is 2.98. The van der Waals surface area contributed by atoms with Gasteiger partial charge in [-0.2, -0.15) is 0 Å². The van der Waals surface area contributed by atoms with E-state index in [-0.39, 0.29) is 12.7 Å². The van der Waals surface area contributed by atoms with Gasteiger partial charge in [0, 0.05) is 19.1 Å². The zero-order chi connectivity index (χ0) is 17.9. The molecule has 138 valence electrons. The third-order valence-electron chi connectivity index (χ3n) is 4.18. The lowest BCUT2D eigenvalue weighted by Crippen LogP contribution is -2.31. The smallest absolute Gasteiger partial charge is 0.233 e. The molecular formula is C17H20N4O3S2. The second-order valence-corrected chi connectivity index (χ2v) is 8.38. The van der Waals surface area contributed by atoms with E-state index in [4.69, 9.17) is 9.47 Å². The molecule has 4 rings (SSSR count). The van der Waals surface area contributed by atoms with E-state index in [1.165, 1.54) is 35.9 Å². The molecule has 1 N–H and O–H groups in total. The van der Waals surface area contributed by atoms with Crippen LogP contribution in [0.15, 0.2) is 22.5 Å². The summed E-state index contributed by atoms with van der Waals surface area (Å²) in [6, 6.07) is 6.35. The molecule has 0 spiro atoms. The van der Waals surface area contributed by atoms with Crippen molar-refractivity contribution >= 4 is 34.1 Å². The summed E-state index contributed by atoms with van der Waals surface area (Å²) in [5.74, 6) is 1.94. The summed E-state index contributed by atoms with van der Waals surface area (Å²) in [7, 11) is 0. The van der Waals surface area contributed by atoms with E-state index < -0.39 is 0 Å². The lowest BCUT2D eigenvalue weighted by molar-refractivity contribution is -0.128. The van der Waals surface area contributed by atoms with Gasteiger partial charge in [-0.25, -0.2) is 0 Å². The Kier molecular flexibility index (Phi) is 5.16. The zero-order valence-corrected chi connectivity index (χ0v) is 16.1. The maximum Gasteiger partial charge on any atom is 0.233 e. The van der Waals surface area contributed by atoms with E-state index in [1.54, 1.807) is 0 Å². The summed E-state index contributed by atoms with van der Waals surface area (Å²) in [4.78, 5) is 14.4. The number of nitrogens with one attached hydrogen (secondary N) is 1. The number of anilines is 1. The molecule has 0 atom stereocenters. The first kappa shape index (κ1) is 17.4. The molecule has 1 aromatic carbocycles. The summed E-state index contributed by atoms with van der Waals surface area (Å²) in [6.45, 7) is 3.44. The van der Waals surface area contributed by atoms with Crippen molar-refractivity contribution in [2.24, 2.45) is 0 Å². The molecule has 0 saturated heterocycles. The van der Waals surface area contributed by atoms with Crippen LogP contribution in [0, 0.1) is 0 Å². The molecule has 2 aromatic rings. The topological polar surface area (TPSA) is 76.6 Å². The number of fused-ring (bicyclic) bond motifs is 1. The van der Waals surface area contributed by atoms with Gasteiger partial charge in [0.2, 0.25) is 17.8 Å². The van der Waals surface area contributed by atoms with Crippen LogP contribution in [0.25, 0.3) is 0 Å². The van der Waals surface area contributed by atoms with E-state index in [0.717, 1.165) is 26.5 Å². The first-order chi connectivity index (χ1) is 12.7. The first-order valence-corrected chi connectivity index (χ1v) is 10.4. The highest BCUT2D eigenvalue weighted by molar-refractivity contribution is 8.01. The van der Waals surface area contributed by atoms with Gasteiger partial charge in [0.05, 0.1) is 5.75 Å². The second kappa shape index (κ2) is 7.71. The third-order valence-corrected chi connectivity index (χ3v) is 6.15. The van der Waals surface area contributed by atoms with Crippen molar-refractivity contribution in [1.29, 1.82) is 0 Å². The minimum Gasteiger partial charge on any atom is -0.454 e. The van der Waals surface area contributed by atoms with E-state index >= 15 is 0 Å². The molecule has 2 aliphatic rings. The monoisotopic (exact) mass is 392 g/mol. The van der Waals surface area contributed by atoms with Gasteiger partial charge in [0.25, 0.3) is 0 Å². The minimum atomic E-state index is 0.0852. The molecular weight excluding hydrogens is 372 g/mol. The summed E-state index contributed by atoms with van der Waals surface area (Å²) < 4.78 is 11.6. The highest BCUT2D eigenvalue weighted by Crippen LogP contribution is 2.33. The quantitative estimate of drug-likeness (QED) is 0.692. The van der Waals surface area contributed by atoms with Gasteiger partial charge in [-0.15, -0.1) is 10.2 Å². The number of carbonyl (C=O) groups excluding carboxylic acids is 1. The summed E-state index contributed by atoms with van der Waals surface area (Å²) in [5.41, 5.74) is 1.03. The molecule has 1 aliphatic carbocycles. The number of benzene rings is 1. The lowest BCUT2D eigenvalue weighted by Gasteiger charge is -2.20. The van der Waals surface area contributed by atoms with Crippen LogP contribution in [0.4, 0.5) is 5.13 Å². The number of thioether (sulfide) groups is 1. The number of carbonyl (C=O) groups is 1. The van der Waals surface area contributed by atoms with Crippen molar-refractivity contribution in [1.82, 2.24) is 15.1 Å². The molecule has 9 heteroatoms. The molecule has 1 aromatic heterocycles. The molecule has 0 bridgehead atoms. The molecule has 1 saturated carbocycles. The van der Waals surface area contributed by atoms with Gasteiger partial charge in [0.15, 0.2) is 15.8 Å². The van der Waals surface area contributed by atoms with Crippen LogP contribution in [0.3, 0.4) is 0 Å². The molecule has 1 fully saturated rings. The highest BCUT2D eigenvalue weighted by Gasteiger charge is 2.23. The molecule has 7 nitrogen and oxygen atoms in total. The number of rotatable bonds is 8. The van der Waals surface area contributed by atoms with Gasteiger partial charge in [-0.05, 0) is 37.5 Å². The largest absolute Gasteiger partial charge is 0.454 e. The first-order valence-electron chi connectivity index (χ1n) is 8.60. The van der Waals surface area contributed by atoms with Crippen LogP contribution in [0.2, 0.25) is 0 Å². The predicted molar refractivity (Wildman–Crippen MR) is 101 cm³/mol. The Morgan fingerprint density at radius 2 is 2.19 bits per heavy atom. The van der Waals surface area contributed by atoms with Crippen LogP contribution in [0.5, 0.6) is 11.5 Å². The molecule has 1 amide bonds. The van der Waals surface area contributed by atoms with E-state index in [0.29, 0.717) is 24.9 Å². The summed E-state index contributed by atoms with van der Waals surface area (Å²) in [5, 5.41) is 12.4. The zero-order valence-electron chi connectivity index (χ0n) is 14.4. The number of nitrogens with zero attached hydrogens (tertiary/aromatic N) is 3. The third kappa shape index (κ3) is 4.21. The van der Waals surface area contributed by atoms with Gasteiger partial charge in [-0.3, -0.25) is 4.79 Å². The summed E-state index contributed by atoms with van der Waals surface area (Å²) >= 11 is 2.95. The van der Waals surface area contributed by atoms with Gasteiger partial charge in [0.1, 0.15) is 0 Å². The Morgan fingerprint density at radius 1 is 1.35 bits per heavy atom. The highest BCUT2D eigenvalue weighted by atomic mass is 32.2. The standard InChI is InChI=1S/C17H20N4O3S2/c1-2-21(8-11-3-6-13-14(7-11)24-10-23-13)15(22)9-25-17-20-19-16(26-17)18-12-4-5-12/h3,6-7,12H,2,4-5,8-10H2,1H3,(H,18,19). The number of aromatic nitrogens is 2. The number of ether oxygens (including phenoxy) is 2. The Labute approximate surface area is 160 Å². The Balaban J connectivity index is 1.31. The molecule has 26 heavy (non-hydrogen) atoms. The number of hydrogen-bond donors (Lipinski definition) is 1. The lowest BCUT2D eigenvalue weighted by atomic mass is 10.2. The van der Waals surface area contributed by atoms with Crippen LogP contribution < -0.4 is 14.8 Å². The van der Waals surface area contributed by atoms with Crippen LogP contribution >= 0.6 is 23.1 Å². The van der Waals surface area contributed by atoms with E-state index in [1.807, 2.05) is 30.0 Å². The van der Waals surface area contributed by atoms with Crippen LogP contribution in [0.1, 0.15) is 25.3 Å². The van der Waals surface area contributed by atoms with Crippen molar-refractivity contribution in [3.8, 4) is 11.5 Å². The van der Waals surface area contributed by atoms with Crippen molar-refractivity contribution < 1.29 is 14.3 Å². The van der Waals surface area contributed by atoms with E-state index in [9.17, 15) is 4.79 Å². The van der Waals surface area contributed by atoms with Gasteiger partial charge in [-0.1, -0.05) is 29.2 Å². The Bertz CT molecular complexity index is 794. The average molecular weight is 393 g/mol. The van der Waals surface area contributed by atoms with Crippen molar-refractivity contribution in [2.45, 2.75) is 36.7 Å². The molecule has 1 aliphatic heterocycles. The van der Waals surface area contributed by atoms with Gasteiger partial charge >= 0.3 is 0 Å². The molecule has 2 heterocycles. The van der Waals surface area contributed by atoms with Crippen LogP contribution in [-0.4, -0.2) is 46.1 Å². The molecule has 0 radical (unpaired) electrons. The number of amides is 1. The Hall–Kier alpha value is -2.00. The minimum absolute atomic E-state index is 0.0852. The van der Waals surface area contributed by atoms with Gasteiger partial charge < -0.3 is 19.7 Å². The fourth-order valence-electron chi connectivity index (χ4n) is 2.58. The second-order valence-electron chi connectivity index (χ2n) is 6.18. The SMILES string of the molecule is CCN(Cc1ccc2c(c1)OCO2)C(=O)CSc1nnc(NC2CC2)s1. The maximum absolute atomic E-state index is 12.6. The normalized spacial score (nSPS) is 15.1.